The third-order valence-electron chi connectivity index (χ3n) is 2.92. The smallest absolute Gasteiger partial charge is 0.271 e. The number of aromatic nitrogens is 2. The molecule has 0 amide bonds. The molecule has 0 bridgehead atoms. The molecule has 0 saturated carbocycles. The van der Waals surface area contributed by atoms with Gasteiger partial charge in [-0.1, -0.05) is 22.0 Å². The summed E-state index contributed by atoms with van der Waals surface area (Å²) in [6.07, 6.45) is 1.45. The Morgan fingerprint density at radius 3 is 2.81 bits per heavy atom. The second-order valence-electron chi connectivity index (χ2n) is 4.32. The molecule has 2 aromatic carbocycles. The second kappa shape index (κ2) is 5.45. The highest BCUT2D eigenvalue weighted by Gasteiger charge is 2.08. The van der Waals surface area contributed by atoms with Gasteiger partial charge in [-0.2, -0.15) is 0 Å². The van der Waals surface area contributed by atoms with Crippen LogP contribution in [-0.4, -0.2) is 14.9 Å². The molecular weight excluding hydrogens is 336 g/mol. The van der Waals surface area contributed by atoms with E-state index in [0.29, 0.717) is 11.5 Å². The normalized spacial score (nSPS) is 10.5. The standard InChI is InChI=1S/C14H9BrN4O2/c15-9-4-5-13-12(6-9)14(17-8-16-13)18-10-2-1-3-11(7-10)19(20)21/h1-8H,(H,16,17,18). The van der Waals surface area contributed by atoms with Gasteiger partial charge in [0.1, 0.15) is 12.1 Å². The van der Waals surface area contributed by atoms with E-state index in [2.05, 4.69) is 31.2 Å². The van der Waals surface area contributed by atoms with Crippen LogP contribution in [0.4, 0.5) is 17.2 Å². The molecule has 0 fully saturated rings. The molecular formula is C14H9BrN4O2. The van der Waals surface area contributed by atoms with Crippen LogP contribution in [0.5, 0.6) is 0 Å². The molecule has 0 aliphatic carbocycles. The number of hydrogen-bond acceptors (Lipinski definition) is 5. The predicted molar refractivity (Wildman–Crippen MR) is 83.6 cm³/mol. The Morgan fingerprint density at radius 2 is 2.00 bits per heavy atom. The van der Waals surface area contributed by atoms with Crippen LogP contribution in [0.25, 0.3) is 10.9 Å². The van der Waals surface area contributed by atoms with Gasteiger partial charge in [0.25, 0.3) is 5.69 Å². The predicted octanol–water partition coefficient (Wildman–Crippen LogP) is 4.04. The van der Waals surface area contributed by atoms with Crippen molar-refractivity contribution in [2.75, 3.05) is 5.32 Å². The molecule has 0 aliphatic rings. The van der Waals surface area contributed by atoms with E-state index in [-0.39, 0.29) is 5.69 Å². The van der Waals surface area contributed by atoms with Crippen molar-refractivity contribution in [2.24, 2.45) is 0 Å². The highest BCUT2D eigenvalue weighted by Crippen LogP contribution is 2.27. The lowest BCUT2D eigenvalue weighted by molar-refractivity contribution is -0.384. The number of nitro benzene ring substituents is 1. The fraction of sp³-hybridized carbons (Fsp3) is 0. The maximum Gasteiger partial charge on any atom is 0.271 e. The summed E-state index contributed by atoms with van der Waals surface area (Å²) in [6.45, 7) is 0. The molecule has 1 N–H and O–H groups in total. The van der Waals surface area contributed by atoms with Crippen molar-refractivity contribution in [2.45, 2.75) is 0 Å². The number of halogens is 1. The van der Waals surface area contributed by atoms with Crippen molar-refractivity contribution in [3.63, 3.8) is 0 Å². The molecule has 6 nitrogen and oxygen atoms in total. The van der Waals surface area contributed by atoms with E-state index in [0.717, 1.165) is 15.4 Å². The topological polar surface area (TPSA) is 81.0 Å². The lowest BCUT2D eigenvalue weighted by Gasteiger charge is -2.08. The van der Waals surface area contributed by atoms with Crippen molar-refractivity contribution in [3.8, 4) is 0 Å². The van der Waals surface area contributed by atoms with E-state index in [9.17, 15) is 10.1 Å². The van der Waals surface area contributed by atoms with Gasteiger partial charge in [0.05, 0.1) is 10.4 Å². The zero-order valence-corrected chi connectivity index (χ0v) is 12.2. The number of hydrogen-bond donors (Lipinski definition) is 1. The lowest BCUT2D eigenvalue weighted by atomic mass is 10.2. The third-order valence-corrected chi connectivity index (χ3v) is 3.41. The Kier molecular flexibility index (Phi) is 3.49. The van der Waals surface area contributed by atoms with Gasteiger partial charge in [-0.25, -0.2) is 9.97 Å². The number of fused-ring (bicyclic) bond motifs is 1. The Bertz CT molecular complexity index is 838. The molecule has 0 atom stereocenters. The van der Waals surface area contributed by atoms with E-state index in [1.165, 1.54) is 18.5 Å². The van der Waals surface area contributed by atoms with Crippen LogP contribution < -0.4 is 5.32 Å². The summed E-state index contributed by atoms with van der Waals surface area (Å²) >= 11 is 3.41. The molecule has 0 radical (unpaired) electrons. The number of rotatable bonds is 3. The van der Waals surface area contributed by atoms with Crippen LogP contribution in [0.3, 0.4) is 0 Å². The van der Waals surface area contributed by atoms with E-state index in [1.807, 2.05) is 18.2 Å². The number of nitrogens with zero attached hydrogens (tertiary/aromatic N) is 3. The van der Waals surface area contributed by atoms with Gasteiger partial charge < -0.3 is 5.32 Å². The molecule has 3 rings (SSSR count). The van der Waals surface area contributed by atoms with Gasteiger partial charge in [-0.3, -0.25) is 10.1 Å². The average Bonchev–Trinajstić information content (AvgIpc) is 2.48. The number of nitrogens with one attached hydrogen (secondary N) is 1. The van der Waals surface area contributed by atoms with Crippen LogP contribution in [-0.2, 0) is 0 Å². The van der Waals surface area contributed by atoms with Gasteiger partial charge >= 0.3 is 0 Å². The van der Waals surface area contributed by atoms with Gasteiger partial charge in [-0.05, 0) is 24.3 Å². The van der Waals surface area contributed by atoms with Crippen molar-refractivity contribution < 1.29 is 4.92 Å². The molecule has 1 heterocycles. The summed E-state index contributed by atoms with van der Waals surface area (Å²) in [5, 5.41) is 14.7. The molecule has 0 saturated heterocycles. The molecule has 0 aliphatic heterocycles. The zero-order chi connectivity index (χ0) is 14.8. The summed E-state index contributed by atoms with van der Waals surface area (Å²) in [4.78, 5) is 18.8. The highest BCUT2D eigenvalue weighted by molar-refractivity contribution is 9.10. The minimum atomic E-state index is -0.431. The summed E-state index contributed by atoms with van der Waals surface area (Å²) < 4.78 is 0.909. The van der Waals surface area contributed by atoms with Crippen LogP contribution >= 0.6 is 15.9 Å². The molecule has 0 unspecified atom stereocenters. The summed E-state index contributed by atoms with van der Waals surface area (Å²) in [5.41, 5.74) is 1.42. The SMILES string of the molecule is O=[N+]([O-])c1cccc(Nc2ncnc3ccc(Br)cc23)c1. The summed E-state index contributed by atoms with van der Waals surface area (Å²) in [6, 6.07) is 12.0. The molecule has 0 spiro atoms. The Hall–Kier alpha value is -2.54. The Morgan fingerprint density at radius 1 is 1.14 bits per heavy atom. The van der Waals surface area contributed by atoms with Crippen molar-refractivity contribution in [3.05, 3.63) is 63.4 Å². The second-order valence-corrected chi connectivity index (χ2v) is 5.23. The Labute approximate surface area is 128 Å². The van der Waals surface area contributed by atoms with E-state index < -0.39 is 4.92 Å². The largest absolute Gasteiger partial charge is 0.339 e. The summed E-state index contributed by atoms with van der Waals surface area (Å²) in [5.74, 6) is 0.599. The van der Waals surface area contributed by atoms with Gasteiger partial charge in [0.2, 0.25) is 0 Å². The van der Waals surface area contributed by atoms with Crippen molar-refractivity contribution in [1.29, 1.82) is 0 Å². The molecule has 7 heteroatoms. The number of non-ortho nitro benzene ring substituents is 1. The minimum absolute atomic E-state index is 0.0274. The monoisotopic (exact) mass is 344 g/mol. The van der Waals surface area contributed by atoms with Crippen LogP contribution in [0, 0.1) is 10.1 Å². The fourth-order valence-electron chi connectivity index (χ4n) is 1.96. The molecule has 3 aromatic rings. The first kappa shape index (κ1) is 13.4. The van der Waals surface area contributed by atoms with Crippen LogP contribution in [0.15, 0.2) is 53.3 Å². The lowest BCUT2D eigenvalue weighted by Crippen LogP contribution is -1.97. The van der Waals surface area contributed by atoms with Crippen LogP contribution in [0.2, 0.25) is 0 Å². The van der Waals surface area contributed by atoms with E-state index in [1.54, 1.807) is 12.1 Å². The number of nitro groups is 1. The fourth-order valence-corrected chi connectivity index (χ4v) is 2.32. The molecule has 104 valence electrons. The maximum absolute atomic E-state index is 10.8. The first-order valence-corrected chi connectivity index (χ1v) is 6.84. The minimum Gasteiger partial charge on any atom is -0.339 e. The average molecular weight is 345 g/mol. The quantitative estimate of drug-likeness (QED) is 0.572. The van der Waals surface area contributed by atoms with Crippen molar-refractivity contribution >= 4 is 44.0 Å². The van der Waals surface area contributed by atoms with Gasteiger partial charge in [0.15, 0.2) is 0 Å². The van der Waals surface area contributed by atoms with E-state index >= 15 is 0 Å². The van der Waals surface area contributed by atoms with E-state index in [4.69, 9.17) is 0 Å². The third kappa shape index (κ3) is 2.82. The number of benzene rings is 2. The molecule has 1 aromatic heterocycles. The van der Waals surface area contributed by atoms with Crippen LogP contribution in [0.1, 0.15) is 0 Å². The first-order chi connectivity index (χ1) is 10.1. The first-order valence-electron chi connectivity index (χ1n) is 6.05. The van der Waals surface area contributed by atoms with Gasteiger partial charge in [-0.15, -0.1) is 0 Å². The highest BCUT2D eigenvalue weighted by atomic mass is 79.9. The Balaban J connectivity index is 2.04. The zero-order valence-electron chi connectivity index (χ0n) is 10.7. The molecule has 21 heavy (non-hydrogen) atoms. The van der Waals surface area contributed by atoms with Gasteiger partial charge in [0, 0.05) is 27.7 Å². The summed E-state index contributed by atoms with van der Waals surface area (Å²) in [7, 11) is 0. The number of anilines is 2. The maximum atomic E-state index is 10.8. The van der Waals surface area contributed by atoms with Crippen molar-refractivity contribution in [1.82, 2.24) is 9.97 Å².